The molecule has 1 heterocycles. The summed E-state index contributed by atoms with van der Waals surface area (Å²) in [5.74, 6) is 0. The Balaban J connectivity index is 2.39. The van der Waals surface area contributed by atoms with Gasteiger partial charge in [-0.25, -0.2) is 0 Å². The fraction of sp³-hybridized carbons (Fsp3) is 0.231. The van der Waals surface area contributed by atoms with Crippen molar-refractivity contribution in [1.29, 1.82) is 0 Å². The van der Waals surface area contributed by atoms with Gasteiger partial charge >= 0.3 is 0 Å². The molecule has 72 valence electrons. The van der Waals surface area contributed by atoms with E-state index < -0.39 is 0 Å². The van der Waals surface area contributed by atoms with Gasteiger partial charge in [0.25, 0.3) is 0 Å². The second-order valence-corrected chi connectivity index (χ2v) is 4.26. The zero-order chi connectivity index (χ0) is 9.97. The Kier molecular flexibility index (Phi) is 2.69. The van der Waals surface area contributed by atoms with Crippen molar-refractivity contribution in [2.24, 2.45) is 0 Å². The van der Waals surface area contributed by atoms with Gasteiger partial charge in [-0.15, -0.1) is 0 Å². The zero-order valence-electron chi connectivity index (χ0n) is 8.58. The molecule has 0 atom stereocenters. The third-order valence-electron chi connectivity index (χ3n) is 2.53. The predicted molar refractivity (Wildman–Crippen MR) is 63.9 cm³/mol. The molecule has 0 N–H and O–H groups in total. The third kappa shape index (κ3) is 1.73. The van der Waals surface area contributed by atoms with Crippen LogP contribution in [0.1, 0.15) is 18.1 Å². The summed E-state index contributed by atoms with van der Waals surface area (Å²) in [6, 6.07) is 8.86. The van der Waals surface area contributed by atoms with E-state index in [-0.39, 0.29) is 0 Å². The molecule has 1 aromatic heterocycles. The highest BCUT2D eigenvalue weighted by Crippen LogP contribution is 2.26. The molecule has 0 bridgehead atoms. The lowest BCUT2D eigenvalue weighted by molar-refractivity contribution is 1.14. The molecule has 0 radical (unpaired) electrons. The first-order chi connectivity index (χ1) is 6.81. The second-order valence-electron chi connectivity index (χ2n) is 3.52. The van der Waals surface area contributed by atoms with E-state index in [4.69, 9.17) is 0 Å². The molecule has 0 amide bonds. The number of rotatable bonds is 2. The molecular formula is C13H14S. The number of hydrogen-bond acceptors (Lipinski definition) is 1. The standard InChI is InChI=1S/C13H14S/c1-3-11-4-6-12(7-5-11)13-9-14-8-10(13)2/h4-9H,3H2,1-2H3. The fourth-order valence-corrected chi connectivity index (χ4v) is 2.43. The Labute approximate surface area is 89.2 Å². The van der Waals surface area contributed by atoms with Gasteiger partial charge in [0, 0.05) is 0 Å². The van der Waals surface area contributed by atoms with Gasteiger partial charge in [-0.2, -0.15) is 11.3 Å². The fourth-order valence-electron chi connectivity index (χ4n) is 1.58. The van der Waals surface area contributed by atoms with Gasteiger partial charge in [-0.3, -0.25) is 0 Å². The molecule has 0 saturated heterocycles. The first-order valence-corrected chi connectivity index (χ1v) is 5.87. The van der Waals surface area contributed by atoms with Crippen molar-refractivity contribution in [3.05, 3.63) is 46.2 Å². The van der Waals surface area contributed by atoms with Crippen molar-refractivity contribution in [2.75, 3.05) is 0 Å². The van der Waals surface area contributed by atoms with Crippen LogP contribution in [0.4, 0.5) is 0 Å². The van der Waals surface area contributed by atoms with E-state index in [1.807, 2.05) is 0 Å². The van der Waals surface area contributed by atoms with Crippen LogP contribution < -0.4 is 0 Å². The topological polar surface area (TPSA) is 0 Å². The molecule has 0 saturated carbocycles. The molecule has 1 heteroatoms. The maximum Gasteiger partial charge on any atom is -0.00120 e. The number of benzene rings is 1. The SMILES string of the molecule is CCc1ccc(-c2cscc2C)cc1. The van der Waals surface area contributed by atoms with E-state index in [1.54, 1.807) is 11.3 Å². The van der Waals surface area contributed by atoms with Crippen molar-refractivity contribution < 1.29 is 0 Å². The molecule has 0 spiro atoms. The summed E-state index contributed by atoms with van der Waals surface area (Å²) in [5, 5.41) is 4.42. The van der Waals surface area contributed by atoms with Crippen molar-refractivity contribution in [1.82, 2.24) is 0 Å². The van der Waals surface area contributed by atoms with Crippen molar-refractivity contribution in [2.45, 2.75) is 20.3 Å². The first kappa shape index (κ1) is 9.47. The maximum atomic E-state index is 2.22. The number of hydrogen-bond donors (Lipinski definition) is 0. The monoisotopic (exact) mass is 202 g/mol. The average molecular weight is 202 g/mol. The Morgan fingerprint density at radius 2 is 1.79 bits per heavy atom. The van der Waals surface area contributed by atoms with Crippen LogP contribution in [0.5, 0.6) is 0 Å². The summed E-state index contributed by atoms with van der Waals surface area (Å²) in [7, 11) is 0. The summed E-state index contributed by atoms with van der Waals surface area (Å²) in [5.41, 5.74) is 5.49. The van der Waals surface area contributed by atoms with Gasteiger partial charge in [0.2, 0.25) is 0 Å². The molecule has 1 aromatic carbocycles. The highest BCUT2D eigenvalue weighted by molar-refractivity contribution is 7.08. The highest BCUT2D eigenvalue weighted by atomic mass is 32.1. The first-order valence-electron chi connectivity index (χ1n) is 4.93. The van der Waals surface area contributed by atoms with Crippen LogP contribution in [0.3, 0.4) is 0 Å². The van der Waals surface area contributed by atoms with Crippen LogP contribution in [-0.2, 0) is 6.42 Å². The van der Waals surface area contributed by atoms with Crippen LogP contribution in [-0.4, -0.2) is 0 Å². The summed E-state index contributed by atoms with van der Waals surface area (Å²) in [6.07, 6.45) is 1.11. The van der Waals surface area contributed by atoms with Gasteiger partial charge < -0.3 is 0 Å². The largest absolute Gasteiger partial charge is 0.151 e. The summed E-state index contributed by atoms with van der Waals surface area (Å²) < 4.78 is 0. The van der Waals surface area contributed by atoms with Gasteiger partial charge in [-0.05, 0) is 46.4 Å². The van der Waals surface area contributed by atoms with Crippen molar-refractivity contribution in [3.8, 4) is 11.1 Å². The lowest BCUT2D eigenvalue weighted by Gasteiger charge is -2.01. The smallest absolute Gasteiger partial charge is 0.00120 e. The number of thiophene rings is 1. The van der Waals surface area contributed by atoms with E-state index in [0.717, 1.165) is 6.42 Å². The lowest BCUT2D eigenvalue weighted by Crippen LogP contribution is -1.81. The molecule has 0 aliphatic carbocycles. The average Bonchev–Trinajstić information content (AvgIpc) is 2.65. The van der Waals surface area contributed by atoms with Gasteiger partial charge in [0.05, 0.1) is 0 Å². The van der Waals surface area contributed by atoms with E-state index >= 15 is 0 Å². The van der Waals surface area contributed by atoms with Crippen molar-refractivity contribution >= 4 is 11.3 Å². The molecule has 2 rings (SSSR count). The van der Waals surface area contributed by atoms with Gasteiger partial charge in [0.1, 0.15) is 0 Å². The van der Waals surface area contributed by atoms with Crippen LogP contribution in [0, 0.1) is 6.92 Å². The Bertz CT molecular complexity index is 409. The number of aryl methyl sites for hydroxylation is 2. The molecule has 0 aliphatic heterocycles. The molecule has 14 heavy (non-hydrogen) atoms. The zero-order valence-corrected chi connectivity index (χ0v) is 9.40. The van der Waals surface area contributed by atoms with Crippen LogP contribution >= 0.6 is 11.3 Å². The minimum Gasteiger partial charge on any atom is -0.151 e. The molecular weight excluding hydrogens is 188 g/mol. The van der Waals surface area contributed by atoms with E-state index in [1.165, 1.54) is 22.3 Å². The van der Waals surface area contributed by atoms with E-state index in [9.17, 15) is 0 Å². The van der Waals surface area contributed by atoms with Crippen LogP contribution in [0.2, 0.25) is 0 Å². The Morgan fingerprint density at radius 3 is 2.29 bits per heavy atom. The summed E-state index contributed by atoms with van der Waals surface area (Å²) in [6.45, 7) is 4.35. The molecule has 0 fully saturated rings. The highest BCUT2D eigenvalue weighted by Gasteiger charge is 2.01. The molecule has 0 nitrogen and oxygen atoms in total. The third-order valence-corrected chi connectivity index (χ3v) is 3.39. The lowest BCUT2D eigenvalue weighted by atomic mass is 10.0. The van der Waals surface area contributed by atoms with E-state index in [2.05, 4.69) is 48.9 Å². The summed E-state index contributed by atoms with van der Waals surface area (Å²) >= 11 is 1.77. The second kappa shape index (κ2) is 3.97. The maximum absolute atomic E-state index is 2.22. The van der Waals surface area contributed by atoms with Crippen LogP contribution in [0.25, 0.3) is 11.1 Å². The normalized spacial score (nSPS) is 10.4. The van der Waals surface area contributed by atoms with Crippen molar-refractivity contribution in [3.63, 3.8) is 0 Å². The van der Waals surface area contributed by atoms with E-state index in [0.29, 0.717) is 0 Å². The predicted octanol–water partition coefficient (Wildman–Crippen LogP) is 4.29. The van der Waals surface area contributed by atoms with Gasteiger partial charge in [0.15, 0.2) is 0 Å². The minimum atomic E-state index is 1.11. The Hall–Kier alpha value is -1.08. The molecule has 0 aliphatic rings. The van der Waals surface area contributed by atoms with Crippen LogP contribution in [0.15, 0.2) is 35.0 Å². The van der Waals surface area contributed by atoms with Gasteiger partial charge in [-0.1, -0.05) is 31.2 Å². The Morgan fingerprint density at radius 1 is 1.07 bits per heavy atom. The summed E-state index contributed by atoms with van der Waals surface area (Å²) in [4.78, 5) is 0. The quantitative estimate of drug-likeness (QED) is 0.681. The minimum absolute atomic E-state index is 1.11. The molecule has 0 unspecified atom stereocenters. The molecule has 2 aromatic rings.